The van der Waals surface area contributed by atoms with Crippen LogP contribution >= 0.6 is 15.9 Å². The molecule has 4 nitrogen and oxygen atoms in total. The molecular formula is C18H16BrNO3. The number of rotatable bonds is 3. The summed E-state index contributed by atoms with van der Waals surface area (Å²) < 4.78 is 12.1. The standard InChI is InChI=1S/C18H16BrNO3/c19-15-5-2-1-4-13(15)6-9-18(21)20-14-7-8-16-17(12-14)23-11-3-10-22-16/h1-2,4-9,12H,3,10-11H2,(H,20,21)/b9-6+. The van der Waals surface area contributed by atoms with Gasteiger partial charge in [-0.15, -0.1) is 0 Å². The molecule has 2 aromatic carbocycles. The maximum Gasteiger partial charge on any atom is 0.248 e. The summed E-state index contributed by atoms with van der Waals surface area (Å²) in [7, 11) is 0. The van der Waals surface area contributed by atoms with Gasteiger partial charge in [-0.1, -0.05) is 34.1 Å². The summed E-state index contributed by atoms with van der Waals surface area (Å²) in [6.45, 7) is 1.26. The lowest BCUT2D eigenvalue weighted by molar-refractivity contribution is -0.111. The fraction of sp³-hybridized carbons (Fsp3) is 0.167. The highest BCUT2D eigenvalue weighted by Gasteiger charge is 2.11. The molecular weight excluding hydrogens is 358 g/mol. The van der Waals surface area contributed by atoms with E-state index < -0.39 is 0 Å². The molecule has 1 N–H and O–H groups in total. The van der Waals surface area contributed by atoms with Gasteiger partial charge in [0.1, 0.15) is 0 Å². The van der Waals surface area contributed by atoms with Crippen LogP contribution in [0.15, 0.2) is 53.0 Å². The molecule has 2 aromatic rings. The first-order valence-corrected chi connectivity index (χ1v) is 8.15. The second-order valence-corrected chi connectivity index (χ2v) is 5.91. The Balaban J connectivity index is 1.68. The lowest BCUT2D eigenvalue weighted by atomic mass is 10.2. The molecule has 23 heavy (non-hydrogen) atoms. The van der Waals surface area contributed by atoms with Crippen LogP contribution in [0.25, 0.3) is 6.08 Å². The van der Waals surface area contributed by atoms with E-state index in [-0.39, 0.29) is 5.91 Å². The monoisotopic (exact) mass is 373 g/mol. The van der Waals surface area contributed by atoms with E-state index >= 15 is 0 Å². The summed E-state index contributed by atoms with van der Waals surface area (Å²) in [6, 6.07) is 13.1. The van der Waals surface area contributed by atoms with Gasteiger partial charge in [0.25, 0.3) is 0 Å². The van der Waals surface area contributed by atoms with Crippen LogP contribution in [0.1, 0.15) is 12.0 Å². The van der Waals surface area contributed by atoms with Crippen molar-refractivity contribution in [3.05, 3.63) is 58.6 Å². The molecule has 5 heteroatoms. The summed E-state index contributed by atoms with van der Waals surface area (Å²) >= 11 is 3.45. The number of anilines is 1. The number of amides is 1. The molecule has 3 rings (SSSR count). The van der Waals surface area contributed by atoms with E-state index in [2.05, 4.69) is 21.2 Å². The molecule has 1 aliphatic rings. The van der Waals surface area contributed by atoms with E-state index in [1.54, 1.807) is 18.2 Å². The highest BCUT2D eigenvalue weighted by Crippen LogP contribution is 2.32. The molecule has 0 radical (unpaired) electrons. The molecule has 0 unspecified atom stereocenters. The van der Waals surface area contributed by atoms with Gasteiger partial charge in [-0.25, -0.2) is 0 Å². The summed E-state index contributed by atoms with van der Waals surface area (Å²) in [5.74, 6) is 1.18. The molecule has 0 saturated heterocycles. The molecule has 1 amide bonds. The zero-order chi connectivity index (χ0) is 16.1. The summed E-state index contributed by atoms with van der Waals surface area (Å²) in [6.07, 6.45) is 4.12. The third-order valence-electron chi connectivity index (χ3n) is 3.33. The van der Waals surface area contributed by atoms with Crippen LogP contribution in [-0.2, 0) is 4.79 Å². The predicted octanol–water partition coefficient (Wildman–Crippen LogP) is 4.26. The predicted molar refractivity (Wildman–Crippen MR) is 93.9 cm³/mol. The van der Waals surface area contributed by atoms with Gasteiger partial charge in [0, 0.05) is 28.7 Å². The van der Waals surface area contributed by atoms with Crippen molar-refractivity contribution in [1.82, 2.24) is 0 Å². The van der Waals surface area contributed by atoms with Gasteiger partial charge in [0.15, 0.2) is 11.5 Å². The lowest BCUT2D eigenvalue weighted by Crippen LogP contribution is -2.08. The van der Waals surface area contributed by atoms with Gasteiger partial charge >= 0.3 is 0 Å². The smallest absolute Gasteiger partial charge is 0.248 e. The summed E-state index contributed by atoms with van der Waals surface area (Å²) in [5.41, 5.74) is 1.62. The van der Waals surface area contributed by atoms with Gasteiger partial charge in [-0.3, -0.25) is 4.79 Å². The van der Waals surface area contributed by atoms with Gasteiger partial charge in [-0.05, 0) is 29.8 Å². The topological polar surface area (TPSA) is 47.6 Å². The van der Waals surface area contributed by atoms with Crippen LogP contribution in [0, 0.1) is 0 Å². The molecule has 0 saturated carbocycles. The van der Waals surface area contributed by atoms with Crippen molar-refractivity contribution in [2.75, 3.05) is 18.5 Å². The molecule has 0 bridgehead atoms. The highest BCUT2D eigenvalue weighted by molar-refractivity contribution is 9.10. The van der Waals surface area contributed by atoms with Crippen LogP contribution in [-0.4, -0.2) is 19.1 Å². The van der Waals surface area contributed by atoms with Gasteiger partial charge in [-0.2, -0.15) is 0 Å². The minimum atomic E-state index is -0.199. The first-order chi connectivity index (χ1) is 11.2. The first kappa shape index (κ1) is 15.6. The second kappa shape index (κ2) is 7.33. The van der Waals surface area contributed by atoms with E-state index in [0.717, 1.165) is 16.5 Å². The Kier molecular flexibility index (Phi) is 4.98. The lowest BCUT2D eigenvalue weighted by Gasteiger charge is -2.09. The van der Waals surface area contributed by atoms with Crippen molar-refractivity contribution in [2.45, 2.75) is 6.42 Å². The van der Waals surface area contributed by atoms with Crippen LogP contribution in [0.3, 0.4) is 0 Å². The third-order valence-corrected chi connectivity index (χ3v) is 4.06. The number of hydrogen-bond donors (Lipinski definition) is 1. The third kappa shape index (κ3) is 4.13. The Morgan fingerprint density at radius 1 is 1.09 bits per heavy atom. The normalized spacial score (nSPS) is 13.6. The number of fused-ring (bicyclic) bond motifs is 1. The van der Waals surface area contributed by atoms with Crippen molar-refractivity contribution in [1.29, 1.82) is 0 Å². The van der Waals surface area contributed by atoms with Crippen LogP contribution in [0.2, 0.25) is 0 Å². The summed E-state index contributed by atoms with van der Waals surface area (Å²) in [5, 5.41) is 2.83. The van der Waals surface area contributed by atoms with Crippen molar-refractivity contribution in [3.8, 4) is 11.5 Å². The van der Waals surface area contributed by atoms with Crippen molar-refractivity contribution < 1.29 is 14.3 Å². The number of carbonyl (C=O) groups is 1. The Morgan fingerprint density at radius 2 is 1.87 bits per heavy atom. The Labute approximate surface area is 143 Å². The number of ether oxygens (including phenoxy) is 2. The van der Waals surface area contributed by atoms with E-state index in [1.165, 1.54) is 6.08 Å². The molecule has 0 fully saturated rings. The summed E-state index contributed by atoms with van der Waals surface area (Å²) in [4.78, 5) is 12.0. The average Bonchev–Trinajstić information content (AvgIpc) is 2.79. The number of halogens is 1. The molecule has 0 spiro atoms. The first-order valence-electron chi connectivity index (χ1n) is 7.35. The molecule has 1 heterocycles. The number of hydrogen-bond acceptors (Lipinski definition) is 3. The van der Waals surface area contributed by atoms with Crippen LogP contribution in [0.5, 0.6) is 11.5 Å². The van der Waals surface area contributed by atoms with Crippen molar-refractivity contribution in [3.63, 3.8) is 0 Å². The number of nitrogens with one attached hydrogen (secondary N) is 1. The zero-order valence-electron chi connectivity index (χ0n) is 12.4. The Morgan fingerprint density at radius 3 is 2.70 bits per heavy atom. The number of carbonyl (C=O) groups excluding carboxylic acids is 1. The van der Waals surface area contributed by atoms with E-state index in [1.807, 2.05) is 30.3 Å². The highest BCUT2D eigenvalue weighted by atomic mass is 79.9. The zero-order valence-corrected chi connectivity index (χ0v) is 14.0. The average molecular weight is 374 g/mol. The largest absolute Gasteiger partial charge is 0.490 e. The molecule has 0 aliphatic carbocycles. The fourth-order valence-corrected chi connectivity index (χ4v) is 2.62. The minimum Gasteiger partial charge on any atom is -0.490 e. The van der Waals surface area contributed by atoms with Crippen LogP contribution in [0.4, 0.5) is 5.69 Å². The van der Waals surface area contributed by atoms with E-state index in [4.69, 9.17) is 9.47 Å². The minimum absolute atomic E-state index is 0.199. The van der Waals surface area contributed by atoms with E-state index in [0.29, 0.717) is 30.4 Å². The molecule has 0 atom stereocenters. The van der Waals surface area contributed by atoms with Crippen molar-refractivity contribution in [2.24, 2.45) is 0 Å². The Hall–Kier alpha value is -2.27. The second-order valence-electron chi connectivity index (χ2n) is 5.06. The molecule has 118 valence electrons. The fourth-order valence-electron chi connectivity index (χ4n) is 2.20. The van der Waals surface area contributed by atoms with Gasteiger partial charge in [0.05, 0.1) is 13.2 Å². The van der Waals surface area contributed by atoms with Gasteiger partial charge < -0.3 is 14.8 Å². The Bertz CT molecular complexity index is 743. The quantitative estimate of drug-likeness (QED) is 0.817. The maximum atomic E-state index is 12.0. The number of benzene rings is 2. The molecule has 1 aliphatic heterocycles. The molecule has 0 aromatic heterocycles. The van der Waals surface area contributed by atoms with Crippen molar-refractivity contribution >= 4 is 33.6 Å². The van der Waals surface area contributed by atoms with E-state index in [9.17, 15) is 4.79 Å². The SMILES string of the molecule is O=C(/C=C/c1ccccc1Br)Nc1ccc2c(c1)OCCCO2. The van der Waals surface area contributed by atoms with Crippen LogP contribution < -0.4 is 14.8 Å². The maximum absolute atomic E-state index is 12.0. The van der Waals surface area contributed by atoms with Gasteiger partial charge in [0.2, 0.25) is 5.91 Å².